The summed E-state index contributed by atoms with van der Waals surface area (Å²) < 4.78 is 18.4. The van der Waals surface area contributed by atoms with Gasteiger partial charge in [0, 0.05) is 11.6 Å². The van der Waals surface area contributed by atoms with Gasteiger partial charge >= 0.3 is 0 Å². The fourth-order valence-corrected chi connectivity index (χ4v) is 2.43. The lowest BCUT2D eigenvalue weighted by Crippen LogP contribution is -2.30. The van der Waals surface area contributed by atoms with Crippen LogP contribution in [0.2, 0.25) is 5.02 Å². The monoisotopic (exact) mass is 300 g/mol. The molecular weight excluding hydrogens is 291 g/mol. The van der Waals surface area contributed by atoms with Gasteiger partial charge in [-0.25, -0.2) is 10.2 Å². The van der Waals surface area contributed by atoms with E-state index in [1.807, 2.05) is 0 Å². The maximum absolute atomic E-state index is 13.0. The molecule has 1 amide bonds. The smallest absolute Gasteiger partial charge is 0.275 e. The number of carbonyl (C=O) groups is 1. The van der Waals surface area contributed by atoms with E-state index in [1.54, 1.807) is 11.4 Å². The molecular formula is C12H10ClFN2O2S. The van der Waals surface area contributed by atoms with Crippen molar-refractivity contribution >= 4 is 28.8 Å². The van der Waals surface area contributed by atoms with Crippen LogP contribution in [0.3, 0.4) is 0 Å². The highest BCUT2D eigenvalue weighted by molar-refractivity contribution is 7.12. The van der Waals surface area contributed by atoms with Crippen LogP contribution in [0, 0.1) is 5.82 Å². The number of thiophene rings is 1. The molecule has 7 heteroatoms. The van der Waals surface area contributed by atoms with Crippen LogP contribution in [0.25, 0.3) is 0 Å². The summed E-state index contributed by atoms with van der Waals surface area (Å²) in [4.78, 5) is 11.9. The van der Waals surface area contributed by atoms with Gasteiger partial charge in [-0.3, -0.25) is 10.2 Å². The van der Waals surface area contributed by atoms with Gasteiger partial charge in [-0.05, 0) is 23.6 Å². The summed E-state index contributed by atoms with van der Waals surface area (Å²) in [5, 5.41) is 1.75. The van der Waals surface area contributed by atoms with Crippen LogP contribution < -0.4 is 16.0 Å². The molecule has 0 bridgehead atoms. The van der Waals surface area contributed by atoms with E-state index in [-0.39, 0.29) is 17.5 Å². The Balaban J connectivity index is 2.08. The van der Waals surface area contributed by atoms with Crippen LogP contribution in [-0.4, -0.2) is 5.91 Å². The highest BCUT2D eigenvalue weighted by Crippen LogP contribution is 2.23. The van der Waals surface area contributed by atoms with Crippen molar-refractivity contribution in [3.8, 4) is 5.75 Å². The number of carbonyl (C=O) groups excluding carboxylic acids is 1. The number of ether oxygens (including phenoxy) is 1. The molecule has 0 atom stereocenters. The number of benzene rings is 1. The third kappa shape index (κ3) is 3.23. The predicted molar refractivity (Wildman–Crippen MR) is 71.7 cm³/mol. The molecule has 4 nitrogen and oxygen atoms in total. The van der Waals surface area contributed by atoms with Crippen molar-refractivity contribution in [1.29, 1.82) is 0 Å². The molecule has 100 valence electrons. The highest BCUT2D eigenvalue weighted by Gasteiger charge is 2.12. The molecule has 0 fully saturated rings. The molecule has 0 radical (unpaired) electrons. The highest BCUT2D eigenvalue weighted by atomic mass is 35.5. The minimum Gasteiger partial charge on any atom is -0.489 e. The first-order chi connectivity index (χ1) is 9.11. The Morgan fingerprint density at radius 2 is 2.26 bits per heavy atom. The van der Waals surface area contributed by atoms with Crippen LogP contribution in [0.4, 0.5) is 4.39 Å². The lowest BCUT2D eigenvalue weighted by atomic mass is 10.2. The van der Waals surface area contributed by atoms with E-state index < -0.39 is 5.82 Å². The molecule has 0 aliphatic carbocycles. The van der Waals surface area contributed by atoms with Gasteiger partial charge in [-0.1, -0.05) is 11.6 Å². The fourth-order valence-electron chi connectivity index (χ4n) is 1.44. The van der Waals surface area contributed by atoms with Gasteiger partial charge < -0.3 is 4.74 Å². The fraction of sp³-hybridized carbons (Fsp3) is 0.0833. The van der Waals surface area contributed by atoms with E-state index in [2.05, 4.69) is 5.43 Å². The topological polar surface area (TPSA) is 64.3 Å². The normalized spacial score (nSPS) is 10.3. The molecule has 0 aliphatic heterocycles. The van der Waals surface area contributed by atoms with Crippen LogP contribution in [-0.2, 0) is 6.61 Å². The number of nitrogens with two attached hydrogens (primary N) is 1. The predicted octanol–water partition coefficient (Wildman–Crippen LogP) is 2.72. The van der Waals surface area contributed by atoms with Gasteiger partial charge in [-0.15, -0.1) is 11.3 Å². The van der Waals surface area contributed by atoms with Crippen molar-refractivity contribution in [3.05, 3.63) is 50.9 Å². The number of hydrogen-bond acceptors (Lipinski definition) is 4. The van der Waals surface area contributed by atoms with Crippen molar-refractivity contribution in [2.45, 2.75) is 6.61 Å². The summed E-state index contributed by atoms with van der Waals surface area (Å²) in [6, 6.07) is 5.83. The lowest BCUT2D eigenvalue weighted by Gasteiger charge is -2.07. The summed E-state index contributed by atoms with van der Waals surface area (Å²) in [5.41, 5.74) is 2.77. The lowest BCUT2D eigenvalue weighted by molar-refractivity contribution is 0.0955. The number of halogens is 2. The van der Waals surface area contributed by atoms with E-state index in [0.717, 1.165) is 0 Å². The summed E-state index contributed by atoms with van der Waals surface area (Å²) in [5.74, 6) is 4.63. The van der Waals surface area contributed by atoms with Crippen molar-refractivity contribution in [1.82, 2.24) is 5.43 Å². The van der Waals surface area contributed by atoms with Crippen LogP contribution in [0.15, 0.2) is 29.6 Å². The van der Waals surface area contributed by atoms with Crippen molar-refractivity contribution in [2.75, 3.05) is 0 Å². The van der Waals surface area contributed by atoms with Crippen molar-refractivity contribution in [2.24, 2.45) is 5.84 Å². The van der Waals surface area contributed by atoms with E-state index >= 15 is 0 Å². The zero-order chi connectivity index (χ0) is 13.8. The second-order valence-corrected chi connectivity index (χ2v) is 4.94. The zero-order valence-electron chi connectivity index (χ0n) is 9.65. The second-order valence-electron chi connectivity index (χ2n) is 3.61. The number of amides is 1. The molecule has 1 aromatic carbocycles. The second kappa shape index (κ2) is 6.01. The molecule has 1 heterocycles. The minimum atomic E-state index is -0.507. The largest absolute Gasteiger partial charge is 0.489 e. The van der Waals surface area contributed by atoms with Crippen LogP contribution >= 0.6 is 22.9 Å². The first-order valence-electron chi connectivity index (χ1n) is 5.27. The minimum absolute atomic E-state index is 0.0113. The quantitative estimate of drug-likeness (QED) is 0.518. The third-order valence-electron chi connectivity index (χ3n) is 2.37. The SMILES string of the molecule is NNC(=O)c1sccc1COc1ccc(F)c(Cl)c1. The standard InChI is InChI=1S/C12H10ClFN2O2S/c13-9-5-8(1-2-10(9)14)18-6-7-3-4-19-11(7)12(17)16-15/h1-5H,6,15H2,(H,16,17). The molecule has 0 aliphatic rings. The average Bonchev–Trinajstić information content (AvgIpc) is 2.87. The Labute approximate surface area is 117 Å². The first kappa shape index (κ1) is 13.8. The van der Waals surface area contributed by atoms with Crippen LogP contribution in [0.1, 0.15) is 15.2 Å². The Bertz CT molecular complexity index is 603. The molecule has 0 spiro atoms. The molecule has 3 N–H and O–H groups in total. The molecule has 19 heavy (non-hydrogen) atoms. The molecule has 1 aromatic heterocycles. The van der Waals surface area contributed by atoms with E-state index in [9.17, 15) is 9.18 Å². The summed E-state index contributed by atoms with van der Waals surface area (Å²) >= 11 is 6.91. The van der Waals surface area contributed by atoms with Gasteiger partial charge in [-0.2, -0.15) is 0 Å². The number of nitrogens with one attached hydrogen (secondary N) is 1. The number of hydrogen-bond donors (Lipinski definition) is 2. The third-order valence-corrected chi connectivity index (χ3v) is 3.61. The molecule has 0 saturated heterocycles. The van der Waals surface area contributed by atoms with E-state index in [4.69, 9.17) is 22.2 Å². The summed E-state index contributed by atoms with van der Waals surface area (Å²) in [7, 11) is 0. The molecule has 2 rings (SSSR count). The van der Waals surface area contributed by atoms with Gasteiger partial charge in [0.05, 0.1) is 9.90 Å². The Morgan fingerprint density at radius 3 is 2.95 bits per heavy atom. The molecule has 0 unspecified atom stereocenters. The number of hydrazine groups is 1. The Hall–Kier alpha value is -1.63. The number of rotatable bonds is 4. The maximum atomic E-state index is 13.0. The van der Waals surface area contributed by atoms with Gasteiger partial charge in [0.1, 0.15) is 18.2 Å². The van der Waals surface area contributed by atoms with Crippen LogP contribution in [0.5, 0.6) is 5.75 Å². The van der Waals surface area contributed by atoms with E-state index in [0.29, 0.717) is 16.2 Å². The van der Waals surface area contributed by atoms with Gasteiger partial charge in [0.25, 0.3) is 5.91 Å². The summed E-state index contributed by atoms with van der Waals surface area (Å²) in [6.45, 7) is 0.175. The van der Waals surface area contributed by atoms with Gasteiger partial charge in [0.15, 0.2) is 0 Å². The number of nitrogen functional groups attached to an aromatic ring is 1. The maximum Gasteiger partial charge on any atom is 0.275 e. The first-order valence-corrected chi connectivity index (χ1v) is 6.52. The zero-order valence-corrected chi connectivity index (χ0v) is 11.2. The Morgan fingerprint density at radius 1 is 1.47 bits per heavy atom. The average molecular weight is 301 g/mol. The Kier molecular flexibility index (Phi) is 4.36. The molecule has 2 aromatic rings. The summed E-state index contributed by atoms with van der Waals surface area (Å²) in [6.07, 6.45) is 0. The van der Waals surface area contributed by atoms with E-state index in [1.165, 1.54) is 29.5 Å². The molecule has 0 saturated carbocycles. The van der Waals surface area contributed by atoms with Crippen molar-refractivity contribution in [3.63, 3.8) is 0 Å². The van der Waals surface area contributed by atoms with Crippen molar-refractivity contribution < 1.29 is 13.9 Å². The van der Waals surface area contributed by atoms with Gasteiger partial charge in [0.2, 0.25) is 0 Å².